The van der Waals surface area contributed by atoms with E-state index >= 15 is 0 Å². The highest BCUT2D eigenvalue weighted by molar-refractivity contribution is 6.35. The van der Waals surface area contributed by atoms with Gasteiger partial charge in [-0.15, -0.1) is 0 Å². The fourth-order valence-electron chi connectivity index (χ4n) is 2.55. The van der Waals surface area contributed by atoms with E-state index in [1.807, 2.05) is 0 Å². The van der Waals surface area contributed by atoms with Crippen LogP contribution < -0.4 is 10.1 Å². The highest BCUT2D eigenvalue weighted by Crippen LogP contribution is 2.31. The summed E-state index contributed by atoms with van der Waals surface area (Å²) in [5.74, 6) is 0.218. The number of nitrogens with zero attached hydrogens (tertiary/aromatic N) is 1. The second-order valence-corrected chi connectivity index (χ2v) is 6.30. The van der Waals surface area contributed by atoms with Gasteiger partial charge in [-0.3, -0.25) is 4.79 Å². The second-order valence-electron chi connectivity index (χ2n) is 5.46. The van der Waals surface area contributed by atoms with Gasteiger partial charge in [0.2, 0.25) is 0 Å². The summed E-state index contributed by atoms with van der Waals surface area (Å²) in [5.41, 5.74) is -0.579. The van der Waals surface area contributed by atoms with Gasteiger partial charge in [-0.05, 0) is 25.1 Å². The van der Waals surface area contributed by atoms with Crippen LogP contribution in [0.4, 0.5) is 4.79 Å². The molecule has 2 aliphatic heterocycles. The van der Waals surface area contributed by atoms with Crippen molar-refractivity contribution in [2.75, 3.05) is 19.6 Å². The normalized spacial score (nSPS) is 20.1. The fourth-order valence-corrected chi connectivity index (χ4v) is 3.01. The molecule has 22 heavy (non-hydrogen) atoms. The van der Waals surface area contributed by atoms with E-state index in [9.17, 15) is 9.59 Å². The molecule has 0 aliphatic carbocycles. The summed E-state index contributed by atoms with van der Waals surface area (Å²) < 4.78 is 10.8. The lowest BCUT2D eigenvalue weighted by Gasteiger charge is -2.45. The Balaban J connectivity index is 1.58. The molecule has 6 nitrogen and oxygen atoms in total. The highest BCUT2D eigenvalue weighted by Gasteiger charge is 2.52. The number of alkyl carbamates (subject to hydrolysis) is 1. The highest BCUT2D eigenvalue weighted by atomic mass is 35.5. The monoisotopic (exact) mass is 344 g/mol. The van der Waals surface area contributed by atoms with Gasteiger partial charge in [-0.1, -0.05) is 23.2 Å². The Kier molecular flexibility index (Phi) is 3.82. The van der Waals surface area contributed by atoms with Gasteiger partial charge in [0, 0.05) is 5.02 Å². The van der Waals surface area contributed by atoms with Crippen LogP contribution in [0.2, 0.25) is 10.0 Å². The summed E-state index contributed by atoms with van der Waals surface area (Å²) >= 11 is 11.8. The number of hydrogen-bond acceptors (Lipinski definition) is 4. The van der Waals surface area contributed by atoms with Gasteiger partial charge in [0.25, 0.3) is 5.91 Å². The van der Waals surface area contributed by atoms with Gasteiger partial charge < -0.3 is 19.7 Å². The van der Waals surface area contributed by atoms with E-state index in [1.54, 1.807) is 30.0 Å². The molecular formula is C14H14Cl2N2O4. The number of halogens is 2. The topological polar surface area (TPSA) is 67.9 Å². The summed E-state index contributed by atoms with van der Waals surface area (Å²) in [6, 6.07) is 4.81. The van der Waals surface area contributed by atoms with E-state index in [-0.39, 0.29) is 5.91 Å². The first kappa shape index (κ1) is 15.2. The SMILES string of the molecule is CC(Oc1ccc(Cl)cc1Cl)C(=O)N1CC2(CNC(=O)O2)C1. The Morgan fingerprint density at radius 1 is 1.45 bits per heavy atom. The third-order valence-electron chi connectivity index (χ3n) is 3.68. The molecule has 0 saturated carbocycles. The number of hydrogen-bond donors (Lipinski definition) is 1. The molecule has 1 spiro atoms. The molecule has 8 heteroatoms. The number of carbonyl (C=O) groups excluding carboxylic acids is 2. The van der Waals surface area contributed by atoms with Gasteiger partial charge in [0.1, 0.15) is 5.75 Å². The number of amides is 2. The molecule has 0 radical (unpaired) electrons. The summed E-state index contributed by atoms with van der Waals surface area (Å²) in [5, 5.41) is 3.44. The second kappa shape index (κ2) is 5.52. The van der Waals surface area contributed by atoms with Crippen LogP contribution in [0.5, 0.6) is 5.75 Å². The number of rotatable bonds is 3. The number of benzene rings is 1. The van der Waals surface area contributed by atoms with Crippen molar-refractivity contribution in [3.8, 4) is 5.75 Å². The third-order valence-corrected chi connectivity index (χ3v) is 4.21. The molecule has 3 rings (SSSR count). The first-order valence-electron chi connectivity index (χ1n) is 6.76. The van der Waals surface area contributed by atoms with E-state index in [1.165, 1.54) is 0 Å². The Morgan fingerprint density at radius 2 is 2.18 bits per heavy atom. The Morgan fingerprint density at radius 3 is 2.77 bits per heavy atom. The van der Waals surface area contributed by atoms with Crippen LogP contribution in [0.3, 0.4) is 0 Å². The van der Waals surface area contributed by atoms with E-state index in [2.05, 4.69) is 5.32 Å². The van der Waals surface area contributed by atoms with Crippen molar-refractivity contribution in [1.82, 2.24) is 10.2 Å². The molecule has 1 aromatic carbocycles. The summed E-state index contributed by atoms with van der Waals surface area (Å²) in [7, 11) is 0. The molecule has 2 saturated heterocycles. The Bertz CT molecular complexity index is 631. The molecule has 2 amide bonds. The van der Waals surface area contributed by atoms with E-state index < -0.39 is 17.8 Å². The number of likely N-dealkylation sites (tertiary alicyclic amines) is 1. The first-order valence-corrected chi connectivity index (χ1v) is 7.51. The van der Waals surface area contributed by atoms with E-state index in [4.69, 9.17) is 32.7 Å². The average molecular weight is 345 g/mol. The molecule has 2 aliphatic rings. The Labute approximate surface area is 137 Å². The molecule has 0 aromatic heterocycles. The molecular weight excluding hydrogens is 331 g/mol. The van der Waals surface area contributed by atoms with Crippen molar-refractivity contribution in [1.29, 1.82) is 0 Å². The lowest BCUT2D eigenvalue weighted by atomic mass is 9.94. The largest absolute Gasteiger partial charge is 0.479 e. The van der Waals surface area contributed by atoms with Crippen LogP contribution >= 0.6 is 23.2 Å². The molecule has 1 aromatic rings. The van der Waals surface area contributed by atoms with Crippen molar-refractivity contribution >= 4 is 35.2 Å². The van der Waals surface area contributed by atoms with Gasteiger partial charge in [-0.25, -0.2) is 4.79 Å². The van der Waals surface area contributed by atoms with Crippen LogP contribution in [-0.4, -0.2) is 48.2 Å². The molecule has 2 heterocycles. The minimum atomic E-state index is -0.693. The first-order chi connectivity index (χ1) is 10.4. The Hall–Kier alpha value is -1.66. The van der Waals surface area contributed by atoms with Crippen molar-refractivity contribution in [3.05, 3.63) is 28.2 Å². The molecule has 118 valence electrons. The number of ether oxygens (including phenoxy) is 2. The molecule has 0 bridgehead atoms. The maximum absolute atomic E-state index is 12.3. The zero-order chi connectivity index (χ0) is 15.9. The summed E-state index contributed by atoms with van der Waals surface area (Å²) in [4.78, 5) is 25.0. The van der Waals surface area contributed by atoms with Crippen molar-refractivity contribution < 1.29 is 19.1 Å². The van der Waals surface area contributed by atoms with E-state index in [0.29, 0.717) is 35.4 Å². The van der Waals surface area contributed by atoms with Gasteiger partial charge in [-0.2, -0.15) is 0 Å². The van der Waals surface area contributed by atoms with E-state index in [0.717, 1.165) is 0 Å². The van der Waals surface area contributed by atoms with Gasteiger partial charge in [0.15, 0.2) is 11.7 Å². The number of carbonyl (C=O) groups is 2. The van der Waals surface area contributed by atoms with Crippen LogP contribution in [0.15, 0.2) is 18.2 Å². The lowest BCUT2D eigenvalue weighted by molar-refractivity contribution is -0.156. The van der Waals surface area contributed by atoms with Gasteiger partial charge in [0.05, 0.1) is 24.7 Å². The molecule has 1 N–H and O–H groups in total. The van der Waals surface area contributed by atoms with Crippen LogP contribution in [0, 0.1) is 0 Å². The van der Waals surface area contributed by atoms with Crippen LogP contribution in [-0.2, 0) is 9.53 Å². The predicted octanol–water partition coefficient (Wildman–Crippen LogP) is 2.08. The summed E-state index contributed by atoms with van der Waals surface area (Å²) in [6.45, 7) is 2.81. The van der Waals surface area contributed by atoms with Crippen molar-refractivity contribution in [2.45, 2.75) is 18.6 Å². The average Bonchev–Trinajstić information content (AvgIpc) is 2.82. The molecule has 1 unspecified atom stereocenters. The minimum absolute atomic E-state index is 0.181. The molecule has 1 atom stereocenters. The predicted molar refractivity (Wildman–Crippen MR) is 80.3 cm³/mol. The fraction of sp³-hybridized carbons (Fsp3) is 0.429. The van der Waals surface area contributed by atoms with Crippen LogP contribution in [0.25, 0.3) is 0 Å². The maximum Gasteiger partial charge on any atom is 0.408 e. The maximum atomic E-state index is 12.3. The number of nitrogens with one attached hydrogen (secondary N) is 1. The quantitative estimate of drug-likeness (QED) is 0.911. The standard InChI is InChI=1S/C14H14Cl2N2O4/c1-8(21-11-3-2-9(15)4-10(11)16)12(19)18-6-14(7-18)5-17-13(20)22-14/h2-4,8H,5-7H2,1H3,(H,17,20). The molecule has 2 fully saturated rings. The zero-order valence-corrected chi connectivity index (χ0v) is 13.3. The van der Waals surface area contributed by atoms with Gasteiger partial charge >= 0.3 is 6.09 Å². The van der Waals surface area contributed by atoms with Crippen LogP contribution in [0.1, 0.15) is 6.92 Å². The van der Waals surface area contributed by atoms with Crippen molar-refractivity contribution in [2.24, 2.45) is 0 Å². The zero-order valence-electron chi connectivity index (χ0n) is 11.8. The third kappa shape index (κ3) is 2.80. The van der Waals surface area contributed by atoms with Crippen molar-refractivity contribution in [3.63, 3.8) is 0 Å². The smallest absolute Gasteiger partial charge is 0.408 e. The summed E-state index contributed by atoms with van der Waals surface area (Å²) in [6.07, 6.45) is -1.13. The minimum Gasteiger partial charge on any atom is -0.479 e. The lowest BCUT2D eigenvalue weighted by Crippen LogP contribution is -2.66.